The average molecular weight is 163 g/mol. The summed E-state index contributed by atoms with van der Waals surface area (Å²) in [6.07, 6.45) is 3.33. The van der Waals surface area contributed by atoms with Gasteiger partial charge in [0.2, 0.25) is 0 Å². The van der Waals surface area contributed by atoms with Gasteiger partial charge >= 0.3 is 0 Å². The van der Waals surface area contributed by atoms with Crippen LogP contribution in [0.3, 0.4) is 0 Å². The molecule has 0 unspecified atom stereocenters. The number of nitrogens with two attached hydrogens (primary N) is 1. The lowest BCUT2D eigenvalue weighted by atomic mass is 10.4. The van der Waals surface area contributed by atoms with E-state index in [0.29, 0.717) is 6.54 Å². The summed E-state index contributed by atoms with van der Waals surface area (Å²) in [5.74, 6) is 1.55. The van der Waals surface area contributed by atoms with Crippen LogP contribution in [0.1, 0.15) is 5.82 Å². The highest BCUT2D eigenvalue weighted by Gasteiger charge is 2.03. The molecule has 0 bridgehead atoms. The number of nitrogens with zero attached hydrogens (tertiary/aromatic N) is 1. The van der Waals surface area contributed by atoms with E-state index in [1.165, 1.54) is 0 Å². The van der Waals surface area contributed by atoms with Gasteiger partial charge in [-0.15, -0.1) is 0 Å². The summed E-state index contributed by atoms with van der Waals surface area (Å²) in [4.78, 5) is 7.09. The molecule has 0 aromatic carbocycles. The van der Waals surface area contributed by atoms with Gasteiger partial charge in [0.1, 0.15) is 11.5 Å². The Kier molecular flexibility index (Phi) is 1.68. The first-order valence-corrected chi connectivity index (χ1v) is 3.68. The highest BCUT2D eigenvalue weighted by molar-refractivity contribution is 5.50. The molecule has 0 saturated heterocycles. The van der Waals surface area contributed by atoms with E-state index in [2.05, 4.69) is 9.97 Å². The van der Waals surface area contributed by atoms with Crippen LogP contribution in [0.2, 0.25) is 0 Å². The molecule has 2 aromatic heterocycles. The molecule has 2 heterocycles. The SMILES string of the molecule is NCc1ncc(-c2ccco2)[nH]1. The van der Waals surface area contributed by atoms with Gasteiger partial charge in [0.25, 0.3) is 0 Å². The first-order chi connectivity index (χ1) is 5.90. The topological polar surface area (TPSA) is 67.8 Å². The summed E-state index contributed by atoms with van der Waals surface area (Å²) in [5.41, 5.74) is 6.25. The molecule has 0 aliphatic carbocycles. The largest absolute Gasteiger partial charge is 0.463 e. The van der Waals surface area contributed by atoms with E-state index >= 15 is 0 Å². The minimum absolute atomic E-state index is 0.417. The predicted octanol–water partition coefficient (Wildman–Crippen LogP) is 1.13. The average Bonchev–Trinajstić information content (AvgIpc) is 2.75. The molecule has 0 amide bonds. The van der Waals surface area contributed by atoms with E-state index < -0.39 is 0 Å². The molecule has 62 valence electrons. The van der Waals surface area contributed by atoms with E-state index in [1.807, 2.05) is 12.1 Å². The van der Waals surface area contributed by atoms with Gasteiger partial charge in [-0.05, 0) is 12.1 Å². The Balaban J connectivity index is 2.35. The summed E-state index contributed by atoms with van der Waals surface area (Å²) in [6, 6.07) is 3.70. The molecule has 0 spiro atoms. The molecule has 12 heavy (non-hydrogen) atoms. The van der Waals surface area contributed by atoms with Gasteiger partial charge in [0.15, 0.2) is 5.76 Å². The van der Waals surface area contributed by atoms with Crippen LogP contribution in [0.4, 0.5) is 0 Å². The van der Waals surface area contributed by atoms with Crippen molar-refractivity contribution in [3.05, 3.63) is 30.4 Å². The molecule has 3 N–H and O–H groups in total. The molecule has 2 aromatic rings. The Bertz CT molecular complexity index is 350. The number of rotatable bonds is 2. The highest BCUT2D eigenvalue weighted by atomic mass is 16.3. The number of nitrogens with one attached hydrogen (secondary N) is 1. The number of aromatic nitrogens is 2. The second-order valence-electron chi connectivity index (χ2n) is 2.42. The Hall–Kier alpha value is -1.55. The third-order valence-electron chi connectivity index (χ3n) is 1.61. The number of furan rings is 1. The van der Waals surface area contributed by atoms with Crippen LogP contribution in [0, 0.1) is 0 Å². The Morgan fingerprint density at radius 3 is 3.08 bits per heavy atom. The summed E-state index contributed by atoms with van der Waals surface area (Å²) >= 11 is 0. The first-order valence-electron chi connectivity index (χ1n) is 3.68. The lowest BCUT2D eigenvalue weighted by Gasteiger charge is -1.88. The fourth-order valence-corrected chi connectivity index (χ4v) is 1.02. The molecule has 0 radical (unpaired) electrons. The number of imidazole rings is 1. The van der Waals surface area contributed by atoms with Crippen LogP contribution < -0.4 is 5.73 Å². The van der Waals surface area contributed by atoms with Crippen molar-refractivity contribution < 1.29 is 4.42 Å². The number of H-pyrrole nitrogens is 1. The van der Waals surface area contributed by atoms with Gasteiger partial charge in [0, 0.05) is 0 Å². The quantitative estimate of drug-likeness (QED) is 0.697. The van der Waals surface area contributed by atoms with Crippen LogP contribution in [0.5, 0.6) is 0 Å². The molecule has 0 saturated carbocycles. The molecular weight excluding hydrogens is 154 g/mol. The predicted molar refractivity (Wildman–Crippen MR) is 44.2 cm³/mol. The second kappa shape index (κ2) is 2.83. The van der Waals surface area contributed by atoms with Gasteiger partial charge in [-0.3, -0.25) is 0 Å². The minimum atomic E-state index is 0.417. The Morgan fingerprint density at radius 1 is 1.58 bits per heavy atom. The van der Waals surface area contributed by atoms with Gasteiger partial charge < -0.3 is 15.1 Å². The van der Waals surface area contributed by atoms with Gasteiger partial charge in [-0.2, -0.15) is 0 Å². The third kappa shape index (κ3) is 1.12. The second-order valence-corrected chi connectivity index (χ2v) is 2.42. The van der Waals surface area contributed by atoms with E-state index in [1.54, 1.807) is 12.5 Å². The van der Waals surface area contributed by atoms with Gasteiger partial charge in [-0.1, -0.05) is 0 Å². The third-order valence-corrected chi connectivity index (χ3v) is 1.61. The molecule has 0 atom stereocenters. The number of hydrogen-bond donors (Lipinski definition) is 2. The monoisotopic (exact) mass is 163 g/mol. The highest BCUT2D eigenvalue weighted by Crippen LogP contribution is 2.16. The summed E-state index contributed by atoms with van der Waals surface area (Å²) in [5, 5.41) is 0. The van der Waals surface area contributed by atoms with Crippen molar-refractivity contribution in [2.45, 2.75) is 6.54 Å². The molecular formula is C8H9N3O. The molecule has 0 aliphatic rings. The molecule has 4 heteroatoms. The number of aromatic amines is 1. The van der Waals surface area contributed by atoms with E-state index in [0.717, 1.165) is 17.3 Å². The Morgan fingerprint density at radius 2 is 2.50 bits per heavy atom. The maximum absolute atomic E-state index is 5.39. The van der Waals surface area contributed by atoms with Crippen LogP contribution in [-0.4, -0.2) is 9.97 Å². The van der Waals surface area contributed by atoms with Crippen molar-refractivity contribution >= 4 is 0 Å². The standard InChI is InChI=1S/C8H9N3O/c9-4-8-10-5-6(11-8)7-2-1-3-12-7/h1-3,5H,4,9H2,(H,10,11). The zero-order valence-electron chi connectivity index (χ0n) is 6.45. The van der Waals surface area contributed by atoms with Crippen molar-refractivity contribution in [3.8, 4) is 11.5 Å². The van der Waals surface area contributed by atoms with Crippen molar-refractivity contribution in [2.24, 2.45) is 5.73 Å². The van der Waals surface area contributed by atoms with Crippen LogP contribution in [0.15, 0.2) is 29.0 Å². The smallest absolute Gasteiger partial charge is 0.151 e. The normalized spacial score (nSPS) is 10.4. The Labute approximate surface area is 69.4 Å². The van der Waals surface area contributed by atoms with Crippen LogP contribution in [-0.2, 0) is 6.54 Å². The molecule has 0 aliphatic heterocycles. The summed E-state index contributed by atoms with van der Waals surface area (Å²) in [7, 11) is 0. The lowest BCUT2D eigenvalue weighted by molar-refractivity contribution is 0.580. The maximum atomic E-state index is 5.39. The van der Waals surface area contributed by atoms with Crippen molar-refractivity contribution in [3.63, 3.8) is 0 Å². The lowest BCUT2D eigenvalue weighted by Crippen LogP contribution is -1.97. The fraction of sp³-hybridized carbons (Fsp3) is 0.125. The van der Waals surface area contributed by atoms with Gasteiger partial charge in [-0.25, -0.2) is 4.98 Å². The maximum Gasteiger partial charge on any atom is 0.151 e. The van der Waals surface area contributed by atoms with E-state index in [-0.39, 0.29) is 0 Å². The molecule has 4 nitrogen and oxygen atoms in total. The van der Waals surface area contributed by atoms with Crippen molar-refractivity contribution in [1.82, 2.24) is 9.97 Å². The minimum Gasteiger partial charge on any atom is -0.463 e. The molecule has 0 fully saturated rings. The van der Waals surface area contributed by atoms with E-state index in [9.17, 15) is 0 Å². The number of hydrogen-bond acceptors (Lipinski definition) is 3. The fourth-order valence-electron chi connectivity index (χ4n) is 1.02. The first kappa shape index (κ1) is 7.12. The summed E-state index contributed by atoms with van der Waals surface area (Å²) in [6.45, 7) is 0.417. The molecule has 2 rings (SSSR count). The van der Waals surface area contributed by atoms with E-state index in [4.69, 9.17) is 10.2 Å². The van der Waals surface area contributed by atoms with Crippen LogP contribution >= 0.6 is 0 Å². The van der Waals surface area contributed by atoms with Gasteiger partial charge in [0.05, 0.1) is 19.0 Å². The van der Waals surface area contributed by atoms with Crippen LogP contribution in [0.25, 0.3) is 11.5 Å². The van der Waals surface area contributed by atoms with Crippen molar-refractivity contribution in [1.29, 1.82) is 0 Å². The summed E-state index contributed by atoms with van der Waals surface area (Å²) < 4.78 is 5.17. The zero-order chi connectivity index (χ0) is 8.39. The van der Waals surface area contributed by atoms with Crippen molar-refractivity contribution in [2.75, 3.05) is 0 Å². The zero-order valence-corrected chi connectivity index (χ0v) is 6.45.